The number of thioether (sulfide) groups is 1. The van der Waals surface area contributed by atoms with Crippen LogP contribution in [0.5, 0.6) is 0 Å². The lowest BCUT2D eigenvalue weighted by atomic mass is 10.0. The van der Waals surface area contributed by atoms with Crippen molar-refractivity contribution in [1.82, 2.24) is 19.7 Å². The van der Waals surface area contributed by atoms with E-state index in [1.165, 1.54) is 6.20 Å². The van der Waals surface area contributed by atoms with Gasteiger partial charge in [0.15, 0.2) is 11.4 Å². The van der Waals surface area contributed by atoms with Crippen LogP contribution >= 0.6 is 11.8 Å². The Hall–Kier alpha value is -3.57. The zero-order valence-corrected chi connectivity index (χ0v) is 21.0. The molecule has 0 radical (unpaired) electrons. The number of aromatic nitrogens is 4. The Morgan fingerprint density at radius 1 is 1.14 bits per heavy atom. The van der Waals surface area contributed by atoms with Crippen LogP contribution in [0, 0.1) is 0 Å². The third kappa shape index (κ3) is 6.23. The number of nitrogens with zero attached hydrogens (tertiary/aromatic N) is 4. The minimum Gasteiger partial charge on any atom is -0.392 e. The summed E-state index contributed by atoms with van der Waals surface area (Å²) in [6.07, 6.45) is 4.54. The number of rotatable bonds is 8. The number of amides is 1. The zero-order chi connectivity index (χ0) is 25.6. The lowest BCUT2D eigenvalue weighted by molar-refractivity contribution is -0.245. The van der Waals surface area contributed by atoms with Crippen molar-refractivity contribution in [3.05, 3.63) is 102 Å². The number of carbonyl (C=O) groups is 1. The zero-order valence-electron chi connectivity index (χ0n) is 20.2. The van der Waals surface area contributed by atoms with Crippen LogP contribution < -0.4 is 5.32 Å². The van der Waals surface area contributed by atoms with E-state index in [1.807, 2.05) is 60.1 Å². The number of ether oxygens (including phenoxy) is 2. The molecule has 4 aromatic rings. The first-order chi connectivity index (χ1) is 18.1. The number of aliphatic hydroxyl groups is 1. The van der Waals surface area contributed by atoms with E-state index in [1.54, 1.807) is 36.4 Å². The second-order valence-corrected chi connectivity index (χ2v) is 9.69. The molecule has 10 heteroatoms. The Morgan fingerprint density at radius 2 is 2.00 bits per heavy atom. The van der Waals surface area contributed by atoms with Crippen molar-refractivity contribution in [1.29, 1.82) is 0 Å². The molecule has 5 rings (SSSR count). The van der Waals surface area contributed by atoms with Gasteiger partial charge in [-0.25, -0.2) is 0 Å². The number of nitrogens with one attached hydrogen (secondary N) is 1. The Labute approximate surface area is 218 Å². The first kappa shape index (κ1) is 25.1. The third-order valence-corrected chi connectivity index (χ3v) is 7.19. The highest BCUT2D eigenvalue weighted by molar-refractivity contribution is 7.99. The van der Waals surface area contributed by atoms with Gasteiger partial charge in [-0.1, -0.05) is 48.2 Å². The van der Waals surface area contributed by atoms with E-state index in [2.05, 4.69) is 20.5 Å². The molecule has 3 atom stereocenters. The van der Waals surface area contributed by atoms with Gasteiger partial charge in [0.25, 0.3) is 5.91 Å². The largest absolute Gasteiger partial charge is 0.392 e. The fraction of sp³-hybridized carbons (Fsp3) is 0.259. The third-order valence-electron chi connectivity index (χ3n) is 6.02. The fourth-order valence-corrected chi connectivity index (χ4v) is 4.96. The molecular weight excluding hydrogens is 490 g/mol. The molecule has 37 heavy (non-hydrogen) atoms. The summed E-state index contributed by atoms with van der Waals surface area (Å²) in [6.45, 7) is -0.00788. The highest BCUT2D eigenvalue weighted by atomic mass is 32.2. The number of aliphatic hydroxyl groups excluding tert-OH is 1. The molecule has 0 aliphatic carbocycles. The van der Waals surface area contributed by atoms with Gasteiger partial charge >= 0.3 is 0 Å². The first-order valence-electron chi connectivity index (χ1n) is 11.9. The second-order valence-electron chi connectivity index (χ2n) is 8.71. The smallest absolute Gasteiger partial charge is 0.257 e. The van der Waals surface area contributed by atoms with E-state index in [0.717, 1.165) is 21.8 Å². The Kier molecular flexibility index (Phi) is 7.90. The molecule has 190 valence electrons. The highest BCUT2D eigenvalue weighted by Gasteiger charge is 2.32. The van der Waals surface area contributed by atoms with Crippen molar-refractivity contribution < 1.29 is 19.4 Å². The van der Waals surface area contributed by atoms with Crippen LogP contribution in [0.25, 0.3) is 0 Å². The highest BCUT2D eigenvalue weighted by Crippen LogP contribution is 2.39. The summed E-state index contributed by atoms with van der Waals surface area (Å²) < 4.78 is 14.7. The average Bonchev–Trinajstić information content (AvgIpc) is 3.37. The SMILES string of the molecule is Cn1cnnc1SC[C@H]1C[C@@H](c2ccc(CO)cc2)O[C@@H](c2cccc(NC(=O)c3cccnc3)c2)O1. The molecule has 1 fully saturated rings. The van der Waals surface area contributed by atoms with E-state index in [9.17, 15) is 9.90 Å². The van der Waals surface area contributed by atoms with Gasteiger partial charge in [0.05, 0.1) is 24.4 Å². The van der Waals surface area contributed by atoms with Gasteiger partial charge in [-0.15, -0.1) is 10.2 Å². The second kappa shape index (κ2) is 11.7. The predicted molar refractivity (Wildman–Crippen MR) is 139 cm³/mol. The van der Waals surface area contributed by atoms with Crippen molar-refractivity contribution in [3.63, 3.8) is 0 Å². The van der Waals surface area contributed by atoms with E-state index < -0.39 is 6.29 Å². The van der Waals surface area contributed by atoms with Crippen LogP contribution in [-0.4, -0.2) is 42.6 Å². The van der Waals surface area contributed by atoms with Gasteiger partial charge in [0.2, 0.25) is 0 Å². The molecule has 3 heterocycles. The molecule has 1 aliphatic heterocycles. The predicted octanol–water partition coefficient (Wildman–Crippen LogP) is 4.29. The number of aryl methyl sites for hydroxylation is 1. The van der Waals surface area contributed by atoms with Gasteiger partial charge in [-0.3, -0.25) is 9.78 Å². The maximum absolute atomic E-state index is 12.6. The summed E-state index contributed by atoms with van der Waals surface area (Å²) in [4.78, 5) is 16.6. The topological polar surface area (TPSA) is 111 Å². The summed E-state index contributed by atoms with van der Waals surface area (Å²) in [7, 11) is 1.91. The van der Waals surface area contributed by atoms with Crippen LogP contribution in [0.2, 0.25) is 0 Å². The number of hydrogen-bond acceptors (Lipinski definition) is 8. The van der Waals surface area contributed by atoms with Crippen molar-refractivity contribution in [2.75, 3.05) is 11.1 Å². The van der Waals surface area contributed by atoms with Gasteiger partial charge in [0, 0.05) is 42.9 Å². The first-order valence-corrected chi connectivity index (χ1v) is 12.9. The van der Waals surface area contributed by atoms with Gasteiger partial charge in [-0.2, -0.15) is 0 Å². The standard InChI is InChI=1S/C27H27N5O4S/c1-32-17-29-31-27(32)37-16-23-13-24(19-9-7-18(15-33)8-10-19)36-26(35-23)20-4-2-6-22(12-20)30-25(34)21-5-3-11-28-14-21/h2-12,14,17,23-24,26,33H,13,15-16H2,1H3,(H,30,34)/t23-,24+,26+/m1/s1. The minimum atomic E-state index is -0.628. The fourth-order valence-electron chi connectivity index (χ4n) is 4.06. The maximum Gasteiger partial charge on any atom is 0.257 e. The monoisotopic (exact) mass is 517 g/mol. The molecule has 9 nitrogen and oxygen atoms in total. The molecule has 0 saturated carbocycles. The van der Waals surface area contributed by atoms with Crippen LogP contribution in [0.1, 0.15) is 45.9 Å². The van der Waals surface area contributed by atoms with Crippen molar-refractivity contribution in [3.8, 4) is 0 Å². The molecule has 0 spiro atoms. The van der Waals surface area contributed by atoms with E-state index in [4.69, 9.17) is 9.47 Å². The molecular formula is C27H27N5O4S. The Morgan fingerprint density at radius 3 is 2.73 bits per heavy atom. The summed E-state index contributed by atoms with van der Waals surface area (Å²) in [5, 5.41) is 21.3. The van der Waals surface area contributed by atoms with Gasteiger partial charge < -0.3 is 24.5 Å². The van der Waals surface area contributed by atoms with Crippen molar-refractivity contribution >= 4 is 23.4 Å². The summed E-state index contributed by atoms with van der Waals surface area (Å²) in [5.41, 5.74) is 3.77. The number of hydrogen-bond donors (Lipinski definition) is 2. The molecule has 2 aromatic heterocycles. The lowest BCUT2D eigenvalue weighted by Gasteiger charge is -2.36. The summed E-state index contributed by atoms with van der Waals surface area (Å²) in [6, 6.07) is 18.7. The molecule has 1 aliphatic rings. The van der Waals surface area contributed by atoms with Gasteiger partial charge in [0.1, 0.15) is 6.33 Å². The summed E-state index contributed by atoms with van der Waals surface area (Å²) in [5.74, 6) is 0.435. The number of benzene rings is 2. The Balaban J connectivity index is 1.35. The van der Waals surface area contributed by atoms with Crippen LogP contribution in [0.3, 0.4) is 0 Å². The van der Waals surface area contributed by atoms with E-state index >= 15 is 0 Å². The van der Waals surface area contributed by atoms with E-state index in [0.29, 0.717) is 23.4 Å². The summed E-state index contributed by atoms with van der Waals surface area (Å²) >= 11 is 1.58. The molecule has 0 bridgehead atoms. The van der Waals surface area contributed by atoms with Crippen molar-refractivity contribution in [2.45, 2.75) is 36.7 Å². The maximum atomic E-state index is 12.6. The normalized spacial score (nSPS) is 19.5. The van der Waals surface area contributed by atoms with Gasteiger partial charge in [-0.05, 0) is 35.4 Å². The Bertz CT molecular complexity index is 1330. The average molecular weight is 518 g/mol. The van der Waals surface area contributed by atoms with Crippen molar-refractivity contribution in [2.24, 2.45) is 7.05 Å². The van der Waals surface area contributed by atoms with Crippen LogP contribution in [0.15, 0.2) is 84.5 Å². The number of pyridine rings is 1. The number of carbonyl (C=O) groups excluding carboxylic acids is 1. The molecule has 1 amide bonds. The molecule has 1 saturated heterocycles. The van der Waals surface area contributed by atoms with E-state index in [-0.39, 0.29) is 24.7 Å². The van der Waals surface area contributed by atoms with Crippen LogP contribution in [0.4, 0.5) is 5.69 Å². The molecule has 2 N–H and O–H groups in total. The number of anilines is 1. The molecule has 0 unspecified atom stereocenters. The lowest BCUT2D eigenvalue weighted by Crippen LogP contribution is -2.31. The van der Waals surface area contributed by atoms with Crippen LogP contribution in [-0.2, 0) is 23.1 Å². The minimum absolute atomic E-state index is 0.00788. The quantitative estimate of drug-likeness (QED) is 0.333. The molecule has 2 aromatic carbocycles.